The summed E-state index contributed by atoms with van der Waals surface area (Å²) in [6, 6.07) is 1.96. The van der Waals surface area contributed by atoms with E-state index in [9.17, 15) is 22.6 Å². The van der Waals surface area contributed by atoms with Crippen molar-refractivity contribution in [1.82, 2.24) is 9.88 Å². The molecule has 11 heteroatoms. The summed E-state index contributed by atoms with van der Waals surface area (Å²) in [7, 11) is -1.36. The minimum Gasteiger partial charge on any atom is -0.476 e. The first kappa shape index (κ1) is 19.0. The number of anilines is 1. The van der Waals surface area contributed by atoms with Crippen LogP contribution in [-0.2, 0) is 15.6 Å². The summed E-state index contributed by atoms with van der Waals surface area (Å²) in [5, 5.41) is 0. The minimum absolute atomic E-state index is 0.00689. The first-order valence-corrected chi connectivity index (χ1v) is 10.4. The number of nitrogens with two attached hydrogens (primary N) is 1. The SMILES string of the molecule is NC(=O)C1CS(=O)CN1C(=O)c1ccc(N2CC(F)(F)C2)c(OCC2CC2)n1. The molecule has 2 unspecified atom stereocenters. The number of amides is 2. The largest absolute Gasteiger partial charge is 0.476 e. The highest BCUT2D eigenvalue weighted by Crippen LogP contribution is 2.38. The highest BCUT2D eigenvalue weighted by atomic mass is 32.2. The predicted molar refractivity (Wildman–Crippen MR) is 96.6 cm³/mol. The summed E-state index contributed by atoms with van der Waals surface area (Å²) in [5.74, 6) is -3.66. The number of hydrogen-bond acceptors (Lipinski definition) is 6. The van der Waals surface area contributed by atoms with Crippen LogP contribution in [0.5, 0.6) is 5.88 Å². The summed E-state index contributed by atoms with van der Waals surface area (Å²) in [4.78, 5) is 31.2. The Morgan fingerprint density at radius 3 is 2.64 bits per heavy atom. The predicted octanol–water partition coefficient (Wildman–Crippen LogP) is 0.342. The molecule has 1 aromatic heterocycles. The molecule has 1 aromatic rings. The van der Waals surface area contributed by atoms with Crippen molar-refractivity contribution in [3.8, 4) is 5.88 Å². The summed E-state index contributed by atoms with van der Waals surface area (Å²) < 4.78 is 44.0. The van der Waals surface area contributed by atoms with Gasteiger partial charge in [-0.2, -0.15) is 0 Å². The zero-order valence-electron chi connectivity index (χ0n) is 15.0. The first-order chi connectivity index (χ1) is 13.2. The summed E-state index contributed by atoms with van der Waals surface area (Å²) >= 11 is 0. The van der Waals surface area contributed by atoms with E-state index in [1.165, 1.54) is 17.0 Å². The van der Waals surface area contributed by atoms with Crippen LogP contribution in [0.25, 0.3) is 0 Å². The Bertz CT molecular complexity index is 840. The molecule has 2 amide bonds. The fourth-order valence-corrected chi connectivity index (χ4v) is 4.62. The third-order valence-electron chi connectivity index (χ3n) is 4.99. The molecule has 4 rings (SSSR count). The smallest absolute Gasteiger partial charge is 0.282 e. The van der Waals surface area contributed by atoms with E-state index in [0.717, 1.165) is 17.7 Å². The Morgan fingerprint density at radius 2 is 2.04 bits per heavy atom. The molecular weight excluding hydrogens is 394 g/mol. The van der Waals surface area contributed by atoms with Crippen LogP contribution in [0.15, 0.2) is 12.1 Å². The molecule has 2 saturated heterocycles. The van der Waals surface area contributed by atoms with Crippen LogP contribution in [0.3, 0.4) is 0 Å². The van der Waals surface area contributed by atoms with Gasteiger partial charge in [-0.25, -0.2) is 13.8 Å². The Kier molecular flexibility index (Phi) is 4.72. The van der Waals surface area contributed by atoms with Gasteiger partial charge in [0.25, 0.3) is 11.8 Å². The van der Waals surface area contributed by atoms with Gasteiger partial charge in [-0.1, -0.05) is 0 Å². The van der Waals surface area contributed by atoms with E-state index in [2.05, 4.69) is 4.98 Å². The molecule has 0 radical (unpaired) electrons. The second-order valence-corrected chi connectivity index (χ2v) is 8.89. The highest BCUT2D eigenvalue weighted by Gasteiger charge is 2.45. The number of halogens is 2. The van der Waals surface area contributed by atoms with E-state index in [1.807, 2.05) is 0 Å². The van der Waals surface area contributed by atoms with Crippen LogP contribution in [0, 0.1) is 5.92 Å². The van der Waals surface area contributed by atoms with Gasteiger partial charge in [0.1, 0.15) is 17.4 Å². The van der Waals surface area contributed by atoms with E-state index >= 15 is 0 Å². The van der Waals surface area contributed by atoms with Crippen LogP contribution in [0.1, 0.15) is 23.3 Å². The normalized spacial score (nSPS) is 26.1. The summed E-state index contributed by atoms with van der Waals surface area (Å²) in [5.41, 5.74) is 5.70. The van der Waals surface area contributed by atoms with Gasteiger partial charge in [-0.15, -0.1) is 0 Å². The number of alkyl halides is 2. The van der Waals surface area contributed by atoms with Crippen LogP contribution in [0.2, 0.25) is 0 Å². The molecule has 0 aromatic carbocycles. The van der Waals surface area contributed by atoms with Crippen molar-refractivity contribution in [3.05, 3.63) is 17.8 Å². The van der Waals surface area contributed by atoms with E-state index in [-0.39, 0.29) is 23.2 Å². The van der Waals surface area contributed by atoms with Crippen molar-refractivity contribution < 1.29 is 27.3 Å². The maximum Gasteiger partial charge on any atom is 0.282 e. The second-order valence-electron chi connectivity index (χ2n) is 7.42. The van der Waals surface area contributed by atoms with Crippen molar-refractivity contribution >= 4 is 28.3 Å². The lowest BCUT2D eigenvalue weighted by molar-refractivity contribution is -0.121. The average molecular weight is 414 g/mol. The van der Waals surface area contributed by atoms with Crippen molar-refractivity contribution in [2.24, 2.45) is 11.7 Å². The molecule has 1 aliphatic carbocycles. The molecule has 3 heterocycles. The number of carbonyl (C=O) groups is 2. The lowest BCUT2D eigenvalue weighted by atomic mass is 10.1. The molecule has 2 atom stereocenters. The van der Waals surface area contributed by atoms with Crippen LogP contribution >= 0.6 is 0 Å². The van der Waals surface area contributed by atoms with E-state index < -0.39 is 47.7 Å². The molecule has 3 fully saturated rings. The summed E-state index contributed by atoms with van der Waals surface area (Å²) in [6.07, 6.45) is 2.07. The monoisotopic (exact) mass is 414 g/mol. The number of carbonyl (C=O) groups excluding carboxylic acids is 2. The quantitative estimate of drug-likeness (QED) is 0.720. The van der Waals surface area contributed by atoms with Gasteiger partial charge in [0, 0.05) is 10.8 Å². The number of nitrogens with zero attached hydrogens (tertiary/aromatic N) is 3. The lowest BCUT2D eigenvalue weighted by Gasteiger charge is -2.40. The minimum atomic E-state index is -2.75. The third-order valence-corrected chi connectivity index (χ3v) is 6.24. The zero-order valence-corrected chi connectivity index (χ0v) is 15.8. The zero-order chi connectivity index (χ0) is 20.1. The Labute approximate surface area is 162 Å². The first-order valence-electron chi connectivity index (χ1n) is 8.95. The lowest BCUT2D eigenvalue weighted by Crippen LogP contribution is -2.56. The molecule has 152 valence electrons. The number of rotatable bonds is 6. The number of pyridine rings is 1. The molecule has 0 spiro atoms. The van der Waals surface area contributed by atoms with Crippen molar-refractivity contribution in [3.63, 3.8) is 0 Å². The van der Waals surface area contributed by atoms with Gasteiger partial charge < -0.3 is 20.3 Å². The standard InChI is InChI=1S/C17H20F2N4O4S/c18-17(19)7-22(8-17)12-4-3-11(21-15(12)27-5-10-1-2-10)16(25)23-9-28(26)6-13(23)14(20)24/h3-4,10,13H,1-2,5-9H2,(H2,20,24). The van der Waals surface area contributed by atoms with Crippen molar-refractivity contribution in [2.75, 3.05) is 36.2 Å². The van der Waals surface area contributed by atoms with E-state index in [0.29, 0.717) is 18.2 Å². The van der Waals surface area contributed by atoms with Gasteiger partial charge in [-0.3, -0.25) is 13.8 Å². The molecular formula is C17H20F2N4O4S. The topological polar surface area (TPSA) is 106 Å². The number of hydrogen-bond donors (Lipinski definition) is 1. The average Bonchev–Trinajstić information content (AvgIpc) is 3.36. The molecule has 2 aliphatic heterocycles. The van der Waals surface area contributed by atoms with Crippen LogP contribution < -0.4 is 15.4 Å². The van der Waals surface area contributed by atoms with Crippen molar-refractivity contribution in [1.29, 1.82) is 0 Å². The Hall–Kier alpha value is -2.30. The van der Waals surface area contributed by atoms with Gasteiger partial charge in [0.2, 0.25) is 11.8 Å². The molecule has 28 heavy (non-hydrogen) atoms. The maximum atomic E-state index is 13.3. The fraction of sp³-hybridized carbons (Fsp3) is 0.588. The fourth-order valence-electron chi connectivity index (χ4n) is 3.21. The number of aromatic nitrogens is 1. The maximum absolute atomic E-state index is 13.3. The molecule has 0 bridgehead atoms. The second kappa shape index (κ2) is 6.94. The summed E-state index contributed by atoms with van der Waals surface area (Å²) in [6.45, 7) is -0.466. The van der Waals surface area contributed by atoms with Gasteiger partial charge in [0.15, 0.2) is 0 Å². The molecule has 2 N–H and O–H groups in total. The Morgan fingerprint density at radius 1 is 1.32 bits per heavy atom. The van der Waals surface area contributed by atoms with Gasteiger partial charge in [0.05, 0.1) is 31.3 Å². The van der Waals surface area contributed by atoms with Crippen LogP contribution in [-0.4, -0.2) is 69.2 Å². The molecule has 1 saturated carbocycles. The number of ether oxygens (including phenoxy) is 1. The van der Waals surface area contributed by atoms with E-state index in [1.54, 1.807) is 0 Å². The molecule has 3 aliphatic rings. The van der Waals surface area contributed by atoms with Gasteiger partial charge in [-0.05, 0) is 30.9 Å². The van der Waals surface area contributed by atoms with Crippen LogP contribution in [0.4, 0.5) is 14.5 Å². The van der Waals surface area contributed by atoms with Gasteiger partial charge >= 0.3 is 0 Å². The van der Waals surface area contributed by atoms with Crippen molar-refractivity contribution in [2.45, 2.75) is 24.8 Å². The third kappa shape index (κ3) is 3.80. The highest BCUT2D eigenvalue weighted by molar-refractivity contribution is 7.85. The Balaban J connectivity index is 1.58. The van der Waals surface area contributed by atoms with E-state index in [4.69, 9.17) is 10.5 Å². The number of primary amides is 1. The molecule has 8 nitrogen and oxygen atoms in total.